The summed E-state index contributed by atoms with van der Waals surface area (Å²) in [4.78, 5) is 18.9. The van der Waals surface area contributed by atoms with Crippen LogP contribution in [-0.4, -0.2) is 54.0 Å². The standard InChI is InChI=1S/C19H17F3N4O4S/c20-19(21,22)31(28,29)25-10-14-2-1-7-26(14)18(27)16-5-6-23-17-8-12(3-4-15(16)17)13-9-24-30-11-13/h3-6,8-9,11,14,25H,1-2,7,10H2. The number of rotatable bonds is 5. The molecule has 2 aromatic heterocycles. The number of nitrogens with one attached hydrogen (secondary N) is 1. The van der Waals surface area contributed by atoms with E-state index in [0.29, 0.717) is 35.9 Å². The molecule has 0 radical (unpaired) electrons. The molecule has 1 aliphatic rings. The van der Waals surface area contributed by atoms with Crippen LogP contribution in [0.25, 0.3) is 22.0 Å². The second-order valence-electron chi connectivity index (χ2n) is 7.10. The number of amides is 1. The zero-order chi connectivity index (χ0) is 22.2. The first-order valence-corrected chi connectivity index (χ1v) is 10.8. The average molecular weight is 454 g/mol. The third-order valence-electron chi connectivity index (χ3n) is 5.19. The largest absolute Gasteiger partial charge is 0.511 e. The highest BCUT2D eigenvalue weighted by Crippen LogP contribution is 2.28. The van der Waals surface area contributed by atoms with Crippen molar-refractivity contribution in [1.29, 1.82) is 0 Å². The highest BCUT2D eigenvalue weighted by Gasteiger charge is 2.46. The first kappa shape index (κ1) is 21.2. The van der Waals surface area contributed by atoms with Crippen molar-refractivity contribution in [2.24, 2.45) is 0 Å². The maximum Gasteiger partial charge on any atom is 0.511 e. The van der Waals surface area contributed by atoms with Gasteiger partial charge in [-0.25, -0.2) is 13.1 Å². The number of hydrogen-bond donors (Lipinski definition) is 1. The van der Waals surface area contributed by atoms with E-state index < -0.39 is 28.1 Å². The smallest absolute Gasteiger partial charge is 0.364 e. The summed E-state index contributed by atoms with van der Waals surface area (Å²) in [6, 6.07) is 6.15. The van der Waals surface area contributed by atoms with Gasteiger partial charge in [-0.1, -0.05) is 17.3 Å². The molecule has 1 saturated heterocycles. The lowest BCUT2D eigenvalue weighted by Crippen LogP contribution is -2.46. The Kier molecular flexibility index (Phi) is 5.43. The zero-order valence-electron chi connectivity index (χ0n) is 16.0. The maximum absolute atomic E-state index is 13.2. The molecular formula is C19H17F3N4O4S. The Morgan fingerprint density at radius 1 is 1.26 bits per heavy atom. The van der Waals surface area contributed by atoms with Gasteiger partial charge in [0, 0.05) is 36.3 Å². The van der Waals surface area contributed by atoms with Crippen molar-refractivity contribution < 1.29 is 30.9 Å². The van der Waals surface area contributed by atoms with Crippen LogP contribution in [0.15, 0.2) is 47.4 Å². The van der Waals surface area contributed by atoms with Crippen molar-refractivity contribution in [1.82, 2.24) is 19.8 Å². The Bertz CT molecular complexity index is 1210. The number of carbonyl (C=O) groups excluding carboxylic acids is 1. The van der Waals surface area contributed by atoms with Gasteiger partial charge in [0.25, 0.3) is 5.91 Å². The summed E-state index contributed by atoms with van der Waals surface area (Å²) < 4.78 is 66.8. The molecule has 1 aliphatic heterocycles. The number of aromatic nitrogens is 2. The van der Waals surface area contributed by atoms with E-state index in [0.717, 1.165) is 11.1 Å². The van der Waals surface area contributed by atoms with Crippen molar-refractivity contribution in [2.45, 2.75) is 24.4 Å². The summed E-state index contributed by atoms with van der Waals surface area (Å²) >= 11 is 0. The molecule has 8 nitrogen and oxygen atoms in total. The number of hydrogen-bond acceptors (Lipinski definition) is 6. The molecule has 0 bridgehead atoms. The predicted molar refractivity (Wildman–Crippen MR) is 104 cm³/mol. The molecule has 4 rings (SSSR count). The number of alkyl halides is 3. The van der Waals surface area contributed by atoms with Gasteiger partial charge in [0.05, 0.1) is 17.3 Å². The van der Waals surface area contributed by atoms with E-state index in [4.69, 9.17) is 4.52 Å². The molecule has 0 saturated carbocycles. The molecule has 0 spiro atoms. The topological polar surface area (TPSA) is 105 Å². The van der Waals surface area contributed by atoms with Crippen LogP contribution >= 0.6 is 0 Å². The van der Waals surface area contributed by atoms with E-state index in [2.05, 4.69) is 10.1 Å². The normalized spacial score (nSPS) is 17.4. The zero-order valence-corrected chi connectivity index (χ0v) is 16.8. The van der Waals surface area contributed by atoms with Gasteiger partial charge in [-0.2, -0.15) is 13.2 Å². The van der Waals surface area contributed by atoms with Crippen LogP contribution in [0.1, 0.15) is 23.2 Å². The van der Waals surface area contributed by atoms with Crippen LogP contribution in [0.3, 0.4) is 0 Å². The predicted octanol–water partition coefficient (Wildman–Crippen LogP) is 2.93. The van der Waals surface area contributed by atoms with E-state index in [-0.39, 0.29) is 5.91 Å². The Balaban J connectivity index is 1.58. The lowest BCUT2D eigenvalue weighted by Gasteiger charge is -2.25. The van der Waals surface area contributed by atoms with Crippen molar-refractivity contribution in [3.8, 4) is 11.1 Å². The fraction of sp³-hybridized carbons (Fsp3) is 0.316. The van der Waals surface area contributed by atoms with Crippen molar-refractivity contribution in [2.75, 3.05) is 13.1 Å². The number of sulfonamides is 1. The molecule has 1 N–H and O–H groups in total. The van der Waals surface area contributed by atoms with Gasteiger partial charge in [0.1, 0.15) is 6.26 Å². The van der Waals surface area contributed by atoms with E-state index >= 15 is 0 Å². The number of carbonyl (C=O) groups is 1. The first-order chi connectivity index (χ1) is 14.7. The van der Waals surface area contributed by atoms with Gasteiger partial charge in [0.15, 0.2) is 0 Å². The van der Waals surface area contributed by atoms with Gasteiger partial charge in [-0.3, -0.25) is 9.78 Å². The molecule has 1 amide bonds. The first-order valence-electron chi connectivity index (χ1n) is 9.33. The van der Waals surface area contributed by atoms with Crippen molar-refractivity contribution >= 4 is 26.8 Å². The van der Waals surface area contributed by atoms with Crippen LogP contribution in [-0.2, 0) is 10.0 Å². The molecular weight excluding hydrogens is 437 g/mol. The summed E-state index contributed by atoms with van der Waals surface area (Å²) in [6.45, 7) is -0.186. The molecule has 1 aromatic carbocycles. The molecule has 1 atom stereocenters. The number of pyridine rings is 1. The highest BCUT2D eigenvalue weighted by atomic mass is 32.2. The Hall–Kier alpha value is -2.99. The number of likely N-dealkylation sites (tertiary alicyclic amines) is 1. The van der Waals surface area contributed by atoms with Crippen molar-refractivity contribution in [3.63, 3.8) is 0 Å². The highest BCUT2D eigenvalue weighted by molar-refractivity contribution is 7.90. The molecule has 3 heterocycles. The number of benzene rings is 1. The third-order valence-corrected chi connectivity index (χ3v) is 6.35. The van der Waals surface area contributed by atoms with Gasteiger partial charge < -0.3 is 9.42 Å². The van der Waals surface area contributed by atoms with Gasteiger partial charge >= 0.3 is 15.5 Å². The Morgan fingerprint density at radius 2 is 2.06 bits per heavy atom. The summed E-state index contributed by atoms with van der Waals surface area (Å²) in [5.41, 5.74) is -2.96. The van der Waals surface area contributed by atoms with E-state index in [1.165, 1.54) is 17.4 Å². The molecule has 1 unspecified atom stereocenters. The lowest BCUT2D eigenvalue weighted by molar-refractivity contribution is -0.0448. The van der Waals surface area contributed by atoms with Crippen LogP contribution < -0.4 is 4.72 Å². The van der Waals surface area contributed by atoms with Crippen LogP contribution in [0.5, 0.6) is 0 Å². The third kappa shape index (κ3) is 4.12. The second kappa shape index (κ2) is 7.93. The van der Waals surface area contributed by atoms with Gasteiger partial charge in [0.2, 0.25) is 0 Å². The SMILES string of the molecule is O=C(c1ccnc2cc(-c3cnoc3)ccc12)N1CCCC1CNS(=O)(=O)C(F)(F)F. The molecule has 12 heteroatoms. The molecule has 1 fully saturated rings. The lowest BCUT2D eigenvalue weighted by atomic mass is 10.0. The summed E-state index contributed by atoms with van der Waals surface area (Å²) in [6.07, 6.45) is 5.46. The molecule has 0 aliphatic carbocycles. The van der Waals surface area contributed by atoms with Crippen LogP contribution in [0.2, 0.25) is 0 Å². The van der Waals surface area contributed by atoms with Crippen molar-refractivity contribution in [3.05, 3.63) is 48.5 Å². The van der Waals surface area contributed by atoms with E-state index in [1.54, 1.807) is 35.2 Å². The quantitative estimate of drug-likeness (QED) is 0.636. The monoisotopic (exact) mass is 454 g/mol. The number of halogens is 3. The minimum absolute atomic E-state index is 0.319. The van der Waals surface area contributed by atoms with Gasteiger partial charge in [-0.05, 0) is 30.5 Å². The maximum atomic E-state index is 13.2. The van der Waals surface area contributed by atoms with Crippen LogP contribution in [0, 0.1) is 0 Å². The Labute approximate surface area is 175 Å². The second-order valence-corrected chi connectivity index (χ2v) is 8.85. The molecule has 164 valence electrons. The number of fused-ring (bicyclic) bond motifs is 1. The minimum atomic E-state index is -5.47. The average Bonchev–Trinajstić information content (AvgIpc) is 3.42. The summed E-state index contributed by atoms with van der Waals surface area (Å²) in [5.74, 6) is -0.390. The number of nitrogens with zero attached hydrogens (tertiary/aromatic N) is 3. The van der Waals surface area contributed by atoms with E-state index in [1.807, 2.05) is 0 Å². The van der Waals surface area contributed by atoms with E-state index in [9.17, 15) is 26.4 Å². The van der Waals surface area contributed by atoms with Gasteiger partial charge in [-0.15, -0.1) is 0 Å². The molecule has 3 aromatic rings. The minimum Gasteiger partial charge on any atom is -0.364 e. The summed E-state index contributed by atoms with van der Waals surface area (Å²) in [5, 5.41) is 4.24. The summed E-state index contributed by atoms with van der Waals surface area (Å²) in [7, 11) is -5.47. The Morgan fingerprint density at radius 3 is 2.77 bits per heavy atom. The fourth-order valence-electron chi connectivity index (χ4n) is 3.62. The fourth-order valence-corrected chi connectivity index (χ4v) is 4.19. The van der Waals surface area contributed by atoms with Crippen LogP contribution in [0.4, 0.5) is 13.2 Å². The molecule has 31 heavy (non-hydrogen) atoms.